The van der Waals surface area contributed by atoms with Crippen molar-refractivity contribution in [2.45, 2.75) is 65.3 Å². The lowest BCUT2D eigenvalue weighted by molar-refractivity contribution is 0.301. The van der Waals surface area contributed by atoms with E-state index in [4.69, 9.17) is 4.74 Å². The number of aromatic hydroxyl groups is 2. The number of sulfone groups is 1. The van der Waals surface area contributed by atoms with Crippen LogP contribution >= 0.6 is 0 Å². The third-order valence-corrected chi connectivity index (χ3v) is 9.23. The second-order valence-corrected chi connectivity index (χ2v) is 12.8. The Labute approximate surface area is 238 Å². The number of hydrogen-bond donors (Lipinski definition) is 2. The fraction of sp³-hybridized carbons (Fsp3) is 0.394. The molecule has 0 atom stereocenters. The molecule has 4 rings (SSSR count). The standard InChI is InChI=1S/C33H41NO5S/c1-3-4-10-21-40(37,38)22-11-6-5-9-20-39-32-13-8-7-12-27(32)24-34-31-19-18-29(36)23-30(31)25(2)33(34)26-14-16-28(35)17-15-26/h7-8,12-19,23,35-36H,3-6,9-11,20-22,24H2,1-2H3. The Morgan fingerprint density at radius 1 is 0.800 bits per heavy atom. The van der Waals surface area contributed by atoms with E-state index in [1.54, 1.807) is 24.3 Å². The first-order valence-corrected chi connectivity index (χ1v) is 16.1. The first-order chi connectivity index (χ1) is 19.3. The zero-order valence-corrected chi connectivity index (χ0v) is 24.4. The summed E-state index contributed by atoms with van der Waals surface area (Å²) >= 11 is 0. The molecular weight excluding hydrogens is 522 g/mol. The fourth-order valence-electron chi connectivity index (χ4n) is 5.25. The predicted molar refractivity (Wildman–Crippen MR) is 163 cm³/mol. The Morgan fingerprint density at radius 2 is 1.48 bits per heavy atom. The van der Waals surface area contributed by atoms with E-state index in [0.29, 0.717) is 25.3 Å². The molecular formula is C33H41NO5S. The van der Waals surface area contributed by atoms with E-state index in [1.807, 2.05) is 36.4 Å². The van der Waals surface area contributed by atoms with Crippen molar-refractivity contribution in [3.05, 3.63) is 77.9 Å². The molecule has 1 heterocycles. The maximum absolute atomic E-state index is 12.1. The molecule has 0 aliphatic carbocycles. The van der Waals surface area contributed by atoms with Crippen LogP contribution in [0.1, 0.15) is 63.0 Å². The molecule has 0 saturated heterocycles. The van der Waals surface area contributed by atoms with Crippen LogP contribution in [0.15, 0.2) is 66.7 Å². The van der Waals surface area contributed by atoms with Crippen molar-refractivity contribution in [2.75, 3.05) is 18.1 Å². The monoisotopic (exact) mass is 563 g/mol. The van der Waals surface area contributed by atoms with Crippen molar-refractivity contribution in [2.24, 2.45) is 0 Å². The number of phenols is 2. The van der Waals surface area contributed by atoms with Gasteiger partial charge in [0, 0.05) is 16.5 Å². The zero-order chi connectivity index (χ0) is 28.5. The molecule has 0 saturated carbocycles. The van der Waals surface area contributed by atoms with E-state index in [-0.39, 0.29) is 17.3 Å². The van der Waals surface area contributed by atoms with Gasteiger partial charge in [-0.05, 0) is 85.8 Å². The highest BCUT2D eigenvalue weighted by molar-refractivity contribution is 7.91. The average molecular weight is 564 g/mol. The number of fused-ring (bicyclic) bond motifs is 1. The van der Waals surface area contributed by atoms with Gasteiger partial charge in [0.1, 0.15) is 27.1 Å². The summed E-state index contributed by atoms with van der Waals surface area (Å²) in [4.78, 5) is 0. The summed E-state index contributed by atoms with van der Waals surface area (Å²) < 4.78 is 32.7. The molecule has 0 spiro atoms. The second-order valence-electron chi connectivity index (χ2n) is 10.5. The van der Waals surface area contributed by atoms with E-state index in [2.05, 4.69) is 24.5 Å². The van der Waals surface area contributed by atoms with E-state index in [0.717, 1.165) is 77.6 Å². The number of aryl methyl sites for hydroxylation is 1. The van der Waals surface area contributed by atoms with Gasteiger partial charge in [-0.2, -0.15) is 0 Å². The SMILES string of the molecule is CCCCCS(=O)(=O)CCCCCCOc1ccccc1Cn1c(-c2ccc(O)cc2)c(C)c2cc(O)ccc21. The highest BCUT2D eigenvalue weighted by Gasteiger charge is 2.18. The number of aromatic nitrogens is 1. The molecule has 6 nitrogen and oxygen atoms in total. The Morgan fingerprint density at radius 3 is 2.23 bits per heavy atom. The van der Waals surface area contributed by atoms with Gasteiger partial charge < -0.3 is 19.5 Å². The van der Waals surface area contributed by atoms with Gasteiger partial charge >= 0.3 is 0 Å². The van der Waals surface area contributed by atoms with E-state index < -0.39 is 9.84 Å². The summed E-state index contributed by atoms with van der Waals surface area (Å²) in [7, 11) is -2.93. The van der Waals surface area contributed by atoms with Crippen LogP contribution in [-0.4, -0.2) is 41.3 Å². The minimum absolute atomic E-state index is 0.217. The van der Waals surface area contributed by atoms with Crippen molar-refractivity contribution in [1.82, 2.24) is 4.57 Å². The lowest BCUT2D eigenvalue weighted by Crippen LogP contribution is -2.11. The summed E-state index contributed by atoms with van der Waals surface area (Å²) in [6, 6.07) is 20.7. The van der Waals surface area contributed by atoms with Crippen LogP contribution in [0.2, 0.25) is 0 Å². The second kappa shape index (κ2) is 13.8. The molecule has 0 radical (unpaired) electrons. The topological polar surface area (TPSA) is 88.8 Å². The molecule has 0 unspecified atom stereocenters. The van der Waals surface area contributed by atoms with Crippen molar-refractivity contribution < 1.29 is 23.4 Å². The molecule has 0 bridgehead atoms. The maximum Gasteiger partial charge on any atom is 0.150 e. The number of phenolic OH excluding ortho intramolecular Hbond substituents is 2. The number of nitrogens with zero attached hydrogens (tertiary/aromatic N) is 1. The average Bonchev–Trinajstić information content (AvgIpc) is 3.19. The molecule has 0 aliphatic heterocycles. The predicted octanol–water partition coefficient (Wildman–Crippen LogP) is 7.62. The highest BCUT2D eigenvalue weighted by Crippen LogP contribution is 2.37. The van der Waals surface area contributed by atoms with Crippen LogP contribution in [0.5, 0.6) is 17.2 Å². The summed E-state index contributed by atoms with van der Waals surface area (Å²) in [6.07, 6.45) is 6.17. The molecule has 1 aromatic heterocycles. The van der Waals surface area contributed by atoms with Gasteiger partial charge in [0.05, 0.1) is 30.4 Å². The molecule has 214 valence electrons. The lowest BCUT2D eigenvalue weighted by Gasteiger charge is -2.16. The van der Waals surface area contributed by atoms with Crippen LogP contribution < -0.4 is 4.74 Å². The number of hydrogen-bond acceptors (Lipinski definition) is 5. The van der Waals surface area contributed by atoms with Gasteiger partial charge in [0.2, 0.25) is 0 Å². The van der Waals surface area contributed by atoms with Crippen LogP contribution in [0.25, 0.3) is 22.2 Å². The number of unbranched alkanes of at least 4 members (excludes halogenated alkanes) is 5. The van der Waals surface area contributed by atoms with Crippen molar-refractivity contribution in [1.29, 1.82) is 0 Å². The Hall–Kier alpha value is -3.45. The minimum atomic E-state index is -2.93. The summed E-state index contributed by atoms with van der Waals surface area (Å²) in [5.74, 6) is 1.87. The largest absolute Gasteiger partial charge is 0.508 e. The lowest BCUT2D eigenvalue weighted by atomic mass is 10.1. The van der Waals surface area contributed by atoms with Gasteiger partial charge in [-0.15, -0.1) is 0 Å². The number of rotatable bonds is 15. The van der Waals surface area contributed by atoms with Gasteiger partial charge in [-0.25, -0.2) is 8.42 Å². The fourth-order valence-corrected chi connectivity index (χ4v) is 6.74. The molecule has 2 N–H and O–H groups in total. The summed E-state index contributed by atoms with van der Waals surface area (Å²) in [5.41, 5.74) is 5.13. The van der Waals surface area contributed by atoms with E-state index in [1.165, 1.54) is 0 Å². The highest BCUT2D eigenvalue weighted by atomic mass is 32.2. The maximum atomic E-state index is 12.1. The van der Waals surface area contributed by atoms with Crippen LogP contribution in [0.3, 0.4) is 0 Å². The molecule has 3 aromatic carbocycles. The van der Waals surface area contributed by atoms with Crippen LogP contribution in [0, 0.1) is 6.92 Å². The molecule has 0 aliphatic rings. The normalized spacial score (nSPS) is 11.8. The van der Waals surface area contributed by atoms with E-state index >= 15 is 0 Å². The first-order valence-electron chi connectivity index (χ1n) is 14.3. The molecule has 0 amide bonds. The number of para-hydroxylation sites is 1. The summed E-state index contributed by atoms with van der Waals surface area (Å²) in [5, 5.41) is 21.0. The number of ether oxygens (including phenoxy) is 1. The van der Waals surface area contributed by atoms with Crippen molar-refractivity contribution in [3.63, 3.8) is 0 Å². The molecule has 4 aromatic rings. The number of benzene rings is 3. The van der Waals surface area contributed by atoms with E-state index in [9.17, 15) is 18.6 Å². The van der Waals surface area contributed by atoms with Gasteiger partial charge in [0.15, 0.2) is 0 Å². The van der Waals surface area contributed by atoms with Gasteiger partial charge in [-0.1, -0.05) is 50.8 Å². The third kappa shape index (κ3) is 7.60. The van der Waals surface area contributed by atoms with Crippen molar-refractivity contribution in [3.8, 4) is 28.5 Å². The van der Waals surface area contributed by atoms with Crippen LogP contribution in [0.4, 0.5) is 0 Å². The van der Waals surface area contributed by atoms with Crippen LogP contribution in [-0.2, 0) is 16.4 Å². The Bertz CT molecular complexity index is 1510. The third-order valence-electron chi connectivity index (χ3n) is 7.41. The van der Waals surface area contributed by atoms with Gasteiger partial charge in [0.25, 0.3) is 0 Å². The first kappa shape index (κ1) is 29.5. The minimum Gasteiger partial charge on any atom is -0.508 e. The molecule has 7 heteroatoms. The van der Waals surface area contributed by atoms with Crippen molar-refractivity contribution >= 4 is 20.7 Å². The smallest absolute Gasteiger partial charge is 0.150 e. The Kier molecular flexibility index (Phi) is 10.2. The zero-order valence-electron chi connectivity index (χ0n) is 23.6. The quantitative estimate of drug-likeness (QED) is 0.145. The van der Waals surface area contributed by atoms with Gasteiger partial charge in [-0.3, -0.25) is 0 Å². The Balaban J connectivity index is 1.42. The molecule has 0 fully saturated rings. The summed E-state index contributed by atoms with van der Waals surface area (Å²) in [6.45, 7) is 5.29. The molecule has 40 heavy (non-hydrogen) atoms.